The van der Waals surface area contributed by atoms with Gasteiger partial charge in [0.25, 0.3) is 0 Å². The van der Waals surface area contributed by atoms with Gasteiger partial charge in [0.2, 0.25) is 0 Å². The van der Waals surface area contributed by atoms with Crippen molar-refractivity contribution < 1.29 is 9.90 Å². The van der Waals surface area contributed by atoms with Gasteiger partial charge < -0.3 is 10.0 Å². The largest absolute Gasteiger partial charge is 0.481 e. The van der Waals surface area contributed by atoms with Gasteiger partial charge in [-0.2, -0.15) is 0 Å². The lowest BCUT2D eigenvalue weighted by molar-refractivity contribution is -0.145. The smallest absolute Gasteiger partial charge is 0.306 e. The maximum Gasteiger partial charge on any atom is 0.306 e. The fourth-order valence-corrected chi connectivity index (χ4v) is 3.70. The van der Waals surface area contributed by atoms with E-state index in [0.717, 1.165) is 19.3 Å². The fourth-order valence-electron chi connectivity index (χ4n) is 3.70. The molecule has 0 aliphatic carbocycles. The third-order valence-corrected chi connectivity index (χ3v) is 4.70. The molecule has 2 saturated heterocycles. The minimum absolute atomic E-state index is 0.114. The Morgan fingerprint density at radius 1 is 1.38 bits per heavy atom. The summed E-state index contributed by atoms with van der Waals surface area (Å²) in [6, 6.07) is 1.29. The van der Waals surface area contributed by atoms with E-state index in [-0.39, 0.29) is 5.92 Å². The summed E-state index contributed by atoms with van der Waals surface area (Å²) in [4.78, 5) is 13.7. The first-order valence-electron chi connectivity index (χ1n) is 6.58. The van der Waals surface area contributed by atoms with Gasteiger partial charge in [-0.25, -0.2) is 0 Å². The van der Waals surface area contributed by atoms with Gasteiger partial charge in [-0.15, -0.1) is 0 Å². The Morgan fingerprint density at radius 2 is 1.94 bits per heavy atom. The summed E-state index contributed by atoms with van der Waals surface area (Å²) in [5.41, 5.74) is 0. The van der Waals surface area contributed by atoms with E-state index in [1.807, 2.05) is 6.92 Å². The number of fused-ring (bicyclic) bond motifs is 2. The number of hydrogen-bond donors (Lipinski definition) is 1. The highest BCUT2D eigenvalue weighted by molar-refractivity contribution is 5.70. The van der Waals surface area contributed by atoms with Crippen molar-refractivity contribution in [1.29, 1.82) is 0 Å². The van der Waals surface area contributed by atoms with E-state index < -0.39 is 5.97 Å². The van der Waals surface area contributed by atoms with E-state index in [4.69, 9.17) is 0 Å². The minimum atomic E-state index is -0.588. The molecule has 0 aromatic carbocycles. The zero-order chi connectivity index (χ0) is 11.7. The van der Waals surface area contributed by atoms with Crippen LogP contribution in [-0.4, -0.2) is 35.1 Å². The molecule has 2 unspecified atom stereocenters. The summed E-state index contributed by atoms with van der Waals surface area (Å²) in [5.74, 6) is -0.291. The predicted octanol–water partition coefficient (Wildman–Crippen LogP) is 2.36. The number of carboxylic acids is 1. The Bertz CT molecular complexity index is 253. The highest BCUT2D eigenvalue weighted by Crippen LogP contribution is 2.39. The zero-order valence-corrected chi connectivity index (χ0v) is 10.4. The van der Waals surface area contributed by atoms with Crippen molar-refractivity contribution in [2.45, 2.75) is 57.5 Å². The van der Waals surface area contributed by atoms with Gasteiger partial charge in [-0.1, -0.05) is 13.3 Å². The number of hydrogen-bond acceptors (Lipinski definition) is 2. The van der Waals surface area contributed by atoms with Gasteiger partial charge in [0, 0.05) is 12.1 Å². The summed E-state index contributed by atoms with van der Waals surface area (Å²) in [6.45, 7) is 2.01. The van der Waals surface area contributed by atoms with Crippen molar-refractivity contribution in [2.75, 3.05) is 7.05 Å². The third-order valence-electron chi connectivity index (χ3n) is 4.70. The summed E-state index contributed by atoms with van der Waals surface area (Å²) < 4.78 is 0. The number of piperidine rings is 2. The second-order valence-electron chi connectivity index (χ2n) is 5.49. The molecule has 92 valence electrons. The molecule has 2 bridgehead atoms. The van der Waals surface area contributed by atoms with Gasteiger partial charge >= 0.3 is 5.97 Å². The van der Waals surface area contributed by atoms with Gasteiger partial charge in [0.15, 0.2) is 0 Å². The summed E-state index contributed by atoms with van der Waals surface area (Å²) >= 11 is 0. The summed E-state index contributed by atoms with van der Waals surface area (Å²) in [5, 5.41) is 9.24. The van der Waals surface area contributed by atoms with Crippen molar-refractivity contribution >= 4 is 5.97 Å². The fraction of sp³-hybridized carbons (Fsp3) is 0.923. The molecule has 3 nitrogen and oxygen atoms in total. The summed E-state index contributed by atoms with van der Waals surface area (Å²) in [7, 11) is 2.21. The van der Waals surface area contributed by atoms with Crippen LogP contribution in [0.4, 0.5) is 0 Å². The lowest BCUT2D eigenvalue weighted by atomic mass is 9.73. The highest BCUT2D eigenvalue weighted by atomic mass is 16.4. The van der Waals surface area contributed by atoms with Crippen molar-refractivity contribution in [3.8, 4) is 0 Å². The number of rotatable bonds is 3. The Balaban J connectivity index is 2.06. The highest BCUT2D eigenvalue weighted by Gasteiger charge is 2.40. The molecule has 2 fully saturated rings. The first-order valence-corrected chi connectivity index (χ1v) is 6.58. The van der Waals surface area contributed by atoms with Crippen molar-refractivity contribution in [3.63, 3.8) is 0 Å². The van der Waals surface area contributed by atoms with Crippen LogP contribution in [0.15, 0.2) is 0 Å². The van der Waals surface area contributed by atoms with E-state index in [1.165, 1.54) is 19.3 Å². The number of carbonyl (C=O) groups is 1. The predicted molar refractivity (Wildman–Crippen MR) is 63.3 cm³/mol. The third kappa shape index (κ3) is 2.10. The van der Waals surface area contributed by atoms with Crippen molar-refractivity contribution in [1.82, 2.24) is 4.90 Å². The SMILES string of the molecule is CCC(C(=O)O)C1C[C@H]2CCC[C@@H](C1)N2C. The molecule has 2 heterocycles. The van der Waals surface area contributed by atoms with Crippen molar-refractivity contribution in [2.24, 2.45) is 11.8 Å². The maximum atomic E-state index is 11.2. The quantitative estimate of drug-likeness (QED) is 0.801. The molecule has 0 amide bonds. The van der Waals surface area contributed by atoms with Crippen LogP contribution in [0, 0.1) is 11.8 Å². The molecular formula is C13H23NO2. The second-order valence-corrected chi connectivity index (χ2v) is 5.49. The Hall–Kier alpha value is -0.570. The number of aliphatic carboxylic acids is 1. The minimum Gasteiger partial charge on any atom is -0.481 e. The monoisotopic (exact) mass is 225 g/mol. The molecule has 0 radical (unpaired) electrons. The van der Waals surface area contributed by atoms with E-state index >= 15 is 0 Å². The topological polar surface area (TPSA) is 40.5 Å². The van der Waals surface area contributed by atoms with Crippen LogP contribution in [0.3, 0.4) is 0 Å². The van der Waals surface area contributed by atoms with Gasteiger partial charge in [-0.3, -0.25) is 4.79 Å². The molecule has 0 saturated carbocycles. The van der Waals surface area contributed by atoms with Crippen LogP contribution in [0.25, 0.3) is 0 Å². The molecule has 4 atom stereocenters. The van der Waals surface area contributed by atoms with Gasteiger partial charge in [0.05, 0.1) is 5.92 Å². The number of carboxylic acid groups (broad SMARTS) is 1. The molecule has 2 aliphatic heterocycles. The molecule has 1 N–H and O–H groups in total. The molecule has 3 heteroatoms. The van der Waals surface area contributed by atoms with Crippen LogP contribution in [0.5, 0.6) is 0 Å². The van der Waals surface area contributed by atoms with Crippen LogP contribution in [-0.2, 0) is 4.79 Å². The molecule has 0 aromatic heterocycles. The lowest BCUT2D eigenvalue weighted by Gasteiger charge is -2.48. The lowest BCUT2D eigenvalue weighted by Crippen LogP contribution is -2.51. The van der Waals surface area contributed by atoms with E-state index in [9.17, 15) is 9.90 Å². The molecule has 0 aromatic rings. The average Bonchev–Trinajstić information content (AvgIpc) is 2.19. The first kappa shape index (κ1) is 11.9. The van der Waals surface area contributed by atoms with Gasteiger partial charge in [-0.05, 0) is 45.1 Å². The van der Waals surface area contributed by atoms with Crippen LogP contribution >= 0.6 is 0 Å². The standard InChI is InChI=1S/C13H23NO2/c1-3-12(13(15)16)9-7-10-5-4-6-11(8-9)14(10)2/h9-12H,3-8H2,1-2H3,(H,15,16)/t9?,10-,11+,12?. The Morgan fingerprint density at radius 3 is 2.38 bits per heavy atom. The second kappa shape index (κ2) is 4.74. The molecule has 2 aliphatic rings. The average molecular weight is 225 g/mol. The molecular weight excluding hydrogens is 202 g/mol. The van der Waals surface area contributed by atoms with Crippen molar-refractivity contribution in [3.05, 3.63) is 0 Å². The van der Waals surface area contributed by atoms with E-state index in [1.54, 1.807) is 0 Å². The molecule has 0 spiro atoms. The van der Waals surface area contributed by atoms with E-state index in [2.05, 4.69) is 11.9 Å². The zero-order valence-electron chi connectivity index (χ0n) is 10.4. The van der Waals surface area contributed by atoms with Gasteiger partial charge in [0.1, 0.15) is 0 Å². The van der Waals surface area contributed by atoms with Crippen LogP contribution < -0.4 is 0 Å². The molecule has 16 heavy (non-hydrogen) atoms. The Labute approximate surface area is 97.8 Å². The number of nitrogens with zero attached hydrogens (tertiary/aromatic N) is 1. The normalized spacial score (nSPS) is 37.0. The molecule has 2 rings (SSSR count). The van der Waals surface area contributed by atoms with E-state index in [0.29, 0.717) is 18.0 Å². The Kier molecular flexibility index (Phi) is 3.53. The summed E-state index contributed by atoms with van der Waals surface area (Å²) in [6.07, 6.45) is 6.83. The van der Waals surface area contributed by atoms with Crippen LogP contribution in [0.1, 0.15) is 45.4 Å². The van der Waals surface area contributed by atoms with Crippen LogP contribution in [0.2, 0.25) is 0 Å². The first-order chi connectivity index (χ1) is 7.63. The maximum absolute atomic E-state index is 11.2.